The maximum absolute atomic E-state index is 14.8. The average molecular weight is 542 g/mol. The highest BCUT2D eigenvalue weighted by Crippen LogP contribution is 2.44. The number of pyridine rings is 1. The van der Waals surface area contributed by atoms with Crippen molar-refractivity contribution in [2.45, 2.75) is 62.4 Å². The van der Waals surface area contributed by atoms with Crippen LogP contribution in [0.3, 0.4) is 0 Å². The van der Waals surface area contributed by atoms with Crippen molar-refractivity contribution in [3.05, 3.63) is 65.7 Å². The Kier molecular flexibility index (Phi) is 6.70. The lowest BCUT2D eigenvalue weighted by Gasteiger charge is -2.34. The summed E-state index contributed by atoms with van der Waals surface area (Å²) in [5, 5.41) is 2.80. The number of rotatable bonds is 5. The molecule has 3 fully saturated rings. The zero-order chi connectivity index (χ0) is 27.1. The smallest absolute Gasteiger partial charge is 0.258 e. The average Bonchev–Trinajstić information content (AvgIpc) is 3.18. The van der Waals surface area contributed by atoms with Gasteiger partial charge in [-0.1, -0.05) is 0 Å². The number of nitrogens with one attached hydrogen (secondary N) is 1. The molecule has 1 N–H and O–H groups in total. The van der Waals surface area contributed by atoms with Gasteiger partial charge in [0.15, 0.2) is 0 Å². The topological polar surface area (TPSA) is 80.2 Å². The highest BCUT2D eigenvalue weighted by molar-refractivity contribution is 6.06. The van der Waals surface area contributed by atoms with Gasteiger partial charge in [0.25, 0.3) is 5.91 Å². The largest absolute Gasteiger partial charge is 0.377 e. The van der Waals surface area contributed by atoms with Crippen LogP contribution < -0.4 is 10.2 Å². The Labute approximate surface area is 222 Å². The Balaban J connectivity index is 1.32. The molecule has 2 aromatic heterocycles. The van der Waals surface area contributed by atoms with Crippen LogP contribution in [0, 0.1) is 11.6 Å². The lowest BCUT2D eigenvalue weighted by Crippen LogP contribution is -2.46. The van der Waals surface area contributed by atoms with E-state index >= 15 is 0 Å². The molecule has 2 unspecified atom stereocenters. The van der Waals surface area contributed by atoms with Crippen LogP contribution in [0.2, 0.25) is 0 Å². The van der Waals surface area contributed by atoms with Crippen molar-refractivity contribution < 1.29 is 27.1 Å². The van der Waals surface area contributed by atoms with Crippen molar-refractivity contribution in [1.29, 1.82) is 0 Å². The number of hydrogen-bond donors (Lipinski definition) is 1. The van der Waals surface area contributed by atoms with E-state index in [0.29, 0.717) is 24.9 Å². The van der Waals surface area contributed by atoms with Crippen molar-refractivity contribution in [3.63, 3.8) is 0 Å². The first-order valence-corrected chi connectivity index (χ1v) is 13.1. The summed E-state index contributed by atoms with van der Waals surface area (Å²) in [5.74, 6) is -4.53. The summed E-state index contributed by atoms with van der Waals surface area (Å²) in [6.07, 6.45) is 5.92. The Hall–Kier alpha value is -3.60. The van der Waals surface area contributed by atoms with Gasteiger partial charge in [0.1, 0.15) is 11.6 Å². The van der Waals surface area contributed by atoms with Crippen molar-refractivity contribution >= 4 is 17.5 Å². The minimum absolute atomic E-state index is 0.0653. The predicted molar refractivity (Wildman–Crippen MR) is 136 cm³/mol. The number of anilines is 2. The highest BCUT2D eigenvalue weighted by Gasteiger charge is 2.39. The highest BCUT2D eigenvalue weighted by atomic mass is 19.3. The van der Waals surface area contributed by atoms with Crippen LogP contribution in [0.1, 0.15) is 60.5 Å². The summed E-state index contributed by atoms with van der Waals surface area (Å²) >= 11 is 0. The number of benzene rings is 1. The molecule has 3 aliphatic rings. The number of fused-ring (bicyclic) bond motifs is 2. The van der Waals surface area contributed by atoms with Gasteiger partial charge < -0.3 is 15.0 Å². The Morgan fingerprint density at radius 2 is 1.64 bits per heavy atom. The number of carbonyl (C=O) groups excluding carboxylic acids is 1. The van der Waals surface area contributed by atoms with Gasteiger partial charge in [-0.3, -0.25) is 9.78 Å². The number of morpholine rings is 1. The number of aromatic nitrogens is 3. The standard InChI is InChI=1S/C28H27F4N5O2/c29-18-1-4-23(30)22(11-18)21-7-10-33-24(16-5-8-28(31,32)9-6-16)25(21)36-26(38)17-12-34-27(35-13-17)37-19-2-3-20(37)15-39-14-19/h1,4,7,10-13,16,19-20H,2-3,5-6,8-9,14-15H2,(H,36,38). The molecule has 1 amide bonds. The van der Waals surface area contributed by atoms with E-state index in [0.717, 1.165) is 31.0 Å². The molecule has 204 valence electrons. The Morgan fingerprint density at radius 3 is 2.33 bits per heavy atom. The third kappa shape index (κ3) is 5.07. The molecule has 0 spiro atoms. The van der Waals surface area contributed by atoms with Crippen LogP contribution >= 0.6 is 0 Å². The fourth-order valence-corrected chi connectivity index (χ4v) is 5.87. The van der Waals surface area contributed by atoms with Crippen molar-refractivity contribution in [1.82, 2.24) is 15.0 Å². The van der Waals surface area contributed by atoms with Gasteiger partial charge in [0.2, 0.25) is 11.9 Å². The zero-order valence-corrected chi connectivity index (χ0v) is 21.0. The molecule has 1 aromatic carbocycles. The van der Waals surface area contributed by atoms with Crippen LogP contribution in [0.15, 0.2) is 42.9 Å². The van der Waals surface area contributed by atoms with Crippen LogP contribution in [0.25, 0.3) is 11.1 Å². The molecule has 2 atom stereocenters. The van der Waals surface area contributed by atoms with E-state index in [-0.39, 0.29) is 66.1 Å². The molecule has 1 saturated carbocycles. The predicted octanol–water partition coefficient (Wildman–Crippen LogP) is 5.73. The molecule has 2 saturated heterocycles. The number of hydrogen-bond acceptors (Lipinski definition) is 6. The molecule has 1 aliphatic carbocycles. The maximum atomic E-state index is 14.8. The van der Waals surface area contributed by atoms with Crippen LogP contribution in [-0.4, -0.2) is 52.1 Å². The lowest BCUT2D eigenvalue weighted by atomic mass is 9.83. The summed E-state index contributed by atoms with van der Waals surface area (Å²) in [6, 6.07) is 4.92. The quantitative estimate of drug-likeness (QED) is 0.416. The van der Waals surface area contributed by atoms with Gasteiger partial charge >= 0.3 is 0 Å². The summed E-state index contributed by atoms with van der Waals surface area (Å²) in [7, 11) is 0. The fraction of sp³-hybridized carbons (Fsp3) is 0.429. The lowest BCUT2D eigenvalue weighted by molar-refractivity contribution is -0.0384. The van der Waals surface area contributed by atoms with E-state index in [2.05, 4.69) is 25.2 Å². The maximum Gasteiger partial charge on any atom is 0.258 e. The van der Waals surface area contributed by atoms with E-state index < -0.39 is 23.5 Å². The SMILES string of the molecule is O=C(Nc1c(-c2cc(F)ccc2F)ccnc1C1CCC(F)(F)CC1)c1cnc(N2C3CCC2COC3)nc1. The third-order valence-corrected chi connectivity index (χ3v) is 7.91. The molecule has 3 aromatic rings. The summed E-state index contributed by atoms with van der Waals surface area (Å²) in [5.41, 5.74) is 0.838. The second kappa shape index (κ2) is 10.2. The van der Waals surface area contributed by atoms with E-state index in [1.165, 1.54) is 24.7 Å². The van der Waals surface area contributed by atoms with Gasteiger partial charge in [-0.2, -0.15) is 0 Å². The van der Waals surface area contributed by atoms with E-state index in [1.807, 2.05) is 0 Å². The van der Waals surface area contributed by atoms with E-state index in [9.17, 15) is 22.4 Å². The first-order chi connectivity index (χ1) is 18.8. The first kappa shape index (κ1) is 25.7. The number of halogens is 4. The van der Waals surface area contributed by atoms with Gasteiger partial charge in [0, 0.05) is 48.5 Å². The molecule has 2 bridgehead atoms. The van der Waals surface area contributed by atoms with Crippen LogP contribution in [0.4, 0.5) is 29.2 Å². The molecule has 2 aliphatic heterocycles. The molecular formula is C28H27F4N5O2. The number of ether oxygens (including phenoxy) is 1. The van der Waals surface area contributed by atoms with Crippen molar-refractivity contribution in [2.24, 2.45) is 0 Å². The van der Waals surface area contributed by atoms with E-state index in [4.69, 9.17) is 4.74 Å². The van der Waals surface area contributed by atoms with E-state index in [1.54, 1.807) is 0 Å². The molecule has 0 radical (unpaired) electrons. The second-order valence-electron chi connectivity index (χ2n) is 10.4. The summed E-state index contributed by atoms with van der Waals surface area (Å²) in [4.78, 5) is 28.8. The first-order valence-electron chi connectivity index (χ1n) is 13.1. The summed E-state index contributed by atoms with van der Waals surface area (Å²) < 4.78 is 62.3. The number of amides is 1. The second-order valence-corrected chi connectivity index (χ2v) is 10.4. The third-order valence-electron chi connectivity index (χ3n) is 7.91. The van der Waals surface area contributed by atoms with Gasteiger partial charge in [0.05, 0.1) is 42.2 Å². The fourth-order valence-electron chi connectivity index (χ4n) is 5.87. The van der Waals surface area contributed by atoms with Crippen LogP contribution in [0.5, 0.6) is 0 Å². The van der Waals surface area contributed by atoms with Crippen LogP contribution in [-0.2, 0) is 4.74 Å². The minimum atomic E-state index is -2.76. The number of nitrogens with zero attached hydrogens (tertiary/aromatic N) is 4. The molecule has 11 heteroatoms. The van der Waals surface area contributed by atoms with Crippen molar-refractivity contribution in [2.75, 3.05) is 23.4 Å². The molecule has 4 heterocycles. The normalized spacial score (nSPS) is 22.6. The molecule has 7 nitrogen and oxygen atoms in total. The Bertz CT molecular complexity index is 1360. The molecular weight excluding hydrogens is 514 g/mol. The molecule has 39 heavy (non-hydrogen) atoms. The summed E-state index contributed by atoms with van der Waals surface area (Å²) in [6.45, 7) is 1.22. The van der Waals surface area contributed by atoms with Crippen molar-refractivity contribution in [3.8, 4) is 11.1 Å². The zero-order valence-electron chi connectivity index (χ0n) is 21.0. The monoisotopic (exact) mass is 541 g/mol. The Morgan fingerprint density at radius 1 is 0.949 bits per heavy atom. The molecule has 6 rings (SSSR count). The van der Waals surface area contributed by atoms with Gasteiger partial charge in [-0.05, 0) is 49.9 Å². The van der Waals surface area contributed by atoms with Gasteiger partial charge in [-0.15, -0.1) is 0 Å². The van der Waals surface area contributed by atoms with Gasteiger partial charge in [-0.25, -0.2) is 27.5 Å². The minimum Gasteiger partial charge on any atom is -0.377 e. The number of alkyl halides is 2. The number of carbonyl (C=O) groups is 1.